The van der Waals surface area contributed by atoms with Gasteiger partial charge in [0, 0.05) is 38.2 Å². The second kappa shape index (κ2) is 7.11. The Kier molecular flexibility index (Phi) is 5.45. The average Bonchev–Trinajstić information content (AvgIpc) is 2.49. The second-order valence-corrected chi connectivity index (χ2v) is 5.76. The summed E-state index contributed by atoms with van der Waals surface area (Å²) >= 11 is 11.9. The minimum atomic E-state index is -0.314. The van der Waals surface area contributed by atoms with Crippen LogP contribution in [-0.4, -0.2) is 61.4 Å². The highest BCUT2D eigenvalue weighted by atomic mass is 35.5. The van der Waals surface area contributed by atoms with E-state index in [9.17, 15) is 9.59 Å². The van der Waals surface area contributed by atoms with Gasteiger partial charge in [0.25, 0.3) is 5.91 Å². The van der Waals surface area contributed by atoms with E-state index in [-0.39, 0.29) is 18.4 Å². The zero-order valence-electron chi connectivity index (χ0n) is 11.7. The summed E-state index contributed by atoms with van der Waals surface area (Å²) in [7, 11) is 1.58. The molecular weight excluding hydrogens is 313 g/mol. The monoisotopic (exact) mass is 329 g/mol. The lowest BCUT2D eigenvalue weighted by Crippen LogP contribution is -2.49. The minimum absolute atomic E-state index is 0.0294. The number of piperazine rings is 1. The number of nitrogens with zero attached hydrogens (tertiary/aromatic N) is 2. The van der Waals surface area contributed by atoms with Gasteiger partial charge in [0.05, 0.1) is 17.1 Å². The number of halogens is 2. The van der Waals surface area contributed by atoms with Crippen molar-refractivity contribution in [3.63, 3.8) is 0 Å². The maximum atomic E-state index is 12.3. The molecule has 114 valence electrons. The van der Waals surface area contributed by atoms with Gasteiger partial charge in [-0.2, -0.15) is 0 Å². The van der Waals surface area contributed by atoms with Crippen LogP contribution in [-0.2, 0) is 4.79 Å². The number of rotatable bonds is 3. The first-order valence-corrected chi connectivity index (χ1v) is 7.43. The van der Waals surface area contributed by atoms with Crippen molar-refractivity contribution in [2.24, 2.45) is 0 Å². The zero-order chi connectivity index (χ0) is 15.4. The Morgan fingerprint density at radius 2 is 1.95 bits per heavy atom. The summed E-state index contributed by atoms with van der Waals surface area (Å²) in [5.74, 6) is -0.378. The third kappa shape index (κ3) is 4.09. The molecule has 21 heavy (non-hydrogen) atoms. The lowest BCUT2D eigenvalue weighted by molar-refractivity contribution is -0.132. The molecule has 1 aliphatic rings. The van der Waals surface area contributed by atoms with Gasteiger partial charge in [-0.25, -0.2) is 0 Å². The number of nitrogens with one attached hydrogen (secondary N) is 1. The van der Waals surface area contributed by atoms with Crippen LogP contribution in [0.4, 0.5) is 0 Å². The highest BCUT2D eigenvalue weighted by Crippen LogP contribution is 2.21. The third-order valence-corrected chi connectivity index (χ3v) is 3.91. The predicted molar refractivity (Wildman–Crippen MR) is 82.9 cm³/mol. The molecule has 1 aromatic rings. The molecule has 5 nitrogen and oxygen atoms in total. The van der Waals surface area contributed by atoms with Gasteiger partial charge in [-0.15, -0.1) is 0 Å². The van der Waals surface area contributed by atoms with E-state index in [0.717, 1.165) is 13.1 Å². The van der Waals surface area contributed by atoms with E-state index < -0.39 is 0 Å². The Bertz CT molecular complexity index is 545. The molecule has 1 heterocycles. The molecule has 1 fully saturated rings. The lowest BCUT2D eigenvalue weighted by Gasteiger charge is -2.29. The van der Waals surface area contributed by atoms with Crippen LogP contribution in [0.15, 0.2) is 18.2 Å². The fourth-order valence-electron chi connectivity index (χ4n) is 2.16. The van der Waals surface area contributed by atoms with Crippen LogP contribution in [0, 0.1) is 0 Å². The molecule has 0 unspecified atom stereocenters. The summed E-state index contributed by atoms with van der Waals surface area (Å²) in [6.45, 7) is 2.92. The minimum Gasteiger partial charge on any atom is -0.339 e. The van der Waals surface area contributed by atoms with Crippen LogP contribution in [0.3, 0.4) is 0 Å². The summed E-state index contributed by atoms with van der Waals surface area (Å²) < 4.78 is 0. The van der Waals surface area contributed by atoms with Crippen LogP contribution in [0.1, 0.15) is 10.4 Å². The van der Waals surface area contributed by atoms with Crippen molar-refractivity contribution in [1.82, 2.24) is 15.1 Å². The molecule has 1 saturated heterocycles. The van der Waals surface area contributed by atoms with Gasteiger partial charge in [0.1, 0.15) is 0 Å². The quantitative estimate of drug-likeness (QED) is 0.914. The van der Waals surface area contributed by atoms with Crippen LogP contribution in [0.25, 0.3) is 0 Å². The van der Waals surface area contributed by atoms with Crippen LogP contribution in [0.2, 0.25) is 10.0 Å². The van der Waals surface area contributed by atoms with Crippen LogP contribution in [0.5, 0.6) is 0 Å². The Hall–Kier alpha value is -1.30. The van der Waals surface area contributed by atoms with Crippen molar-refractivity contribution in [1.29, 1.82) is 0 Å². The fourth-order valence-corrected chi connectivity index (χ4v) is 2.53. The van der Waals surface area contributed by atoms with Gasteiger partial charge in [-0.05, 0) is 18.2 Å². The Morgan fingerprint density at radius 1 is 1.29 bits per heavy atom. The van der Waals surface area contributed by atoms with Crippen molar-refractivity contribution >= 4 is 35.0 Å². The normalized spacial score (nSPS) is 14.9. The Balaban J connectivity index is 2.02. The highest BCUT2D eigenvalue weighted by Gasteiger charge is 2.22. The second-order valence-electron chi connectivity index (χ2n) is 4.92. The molecule has 1 aliphatic heterocycles. The molecule has 0 saturated carbocycles. The molecule has 1 aromatic carbocycles. The Morgan fingerprint density at radius 3 is 2.62 bits per heavy atom. The number of benzene rings is 1. The summed E-state index contributed by atoms with van der Waals surface area (Å²) in [5.41, 5.74) is 0.305. The van der Waals surface area contributed by atoms with Gasteiger partial charge in [0.2, 0.25) is 5.91 Å². The molecule has 0 spiro atoms. The van der Waals surface area contributed by atoms with E-state index >= 15 is 0 Å². The average molecular weight is 330 g/mol. The Labute approximate surface area is 133 Å². The SMILES string of the molecule is CN(CC(=O)N1CCNCC1)C(=O)c1cc(Cl)ccc1Cl. The number of hydrogen-bond donors (Lipinski definition) is 1. The fraction of sp³-hybridized carbons (Fsp3) is 0.429. The first kappa shape index (κ1) is 16.1. The molecular formula is C14H17Cl2N3O2. The van der Waals surface area contributed by atoms with Gasteiger partial charge < -0.3 is 15.1 Å². The van der Waals surface area contributed by atoms with E-state index in [2.05, 4.69) is 5.32 Å². The summed E-state index contributed by atoms with van der Waals surface area (Å²) in [4.78, 5) is 27.6. The van der Waals surface area contributed by atoms with Gasteiger partial charge in [-0.1, -0.05) is 23.2 Å². The predicted octanol–water partition coefficient (Wildman–Crippen LogP) is 1.50. The standard InChI is InChI=1S/C14H17Cl2N3O2/c1-18(9-13(20)19-6-4-17-5-7-19)14(21)11-8-10(15)2-3-12(11)16/h2-3,8,17H,4-7,9H2,1H3. The van der Waals surface area contributed by atoms with E-state index in [4.69, 9.17) is 23.2 Å². The molecule has 0 bridgehead atoms. The van der Waals surface area contributed by atoms with Crippen LogP contribution < -0.4 is 5.32 Å². The first-order valence-electron chi connectivity index (χ1n) is 6.68. The molecule has 2 amide bonds. The lowest BCUT2D eigenvalue weighted by atomic mass is 10.2. The topological polar surface area (TPSA) is 52.7 Å². The van der Waals surface area contributed by atoms with E-state index in [0.29, 0.717) is 28.7 Å². The van der Waals surface area contributed by atoms with E-state index in [1.165, 1.54) is 11.0 Å². The maximum absolute atomic E-state index is 12.3. The van der Waals surface area contributed by atoms with Crippen molar-refractivity contribution in [3.05, 3.63) is 33.8 Å². The molecule has 1 N–H and O–H groups in total. The number of carbonyl (C=O) groups excluding carboxylic acids is 2. The van der Waals surface area contributed by atoms with Crippen molar-refractivity contribution in [2.45, 2.75) is 0 Å². The number of hydrogen-bond acceptors (Lipinski definition) is 3. The van der Waals surface area contributed by atoms with Gasteiger partial charge in [-0.3, -0.25) is 9.59 Å². The molecule has 0 radical (unpaired) electrons. The number of amides is 2. The summed E-state index contributed by atoms with van der Waals surface area (Å²) in [5, 5.41) is 3.94. The summed E-state index contributed by atoms with van der Waals surface area (Å²) in [6, 6.07) is 4.70. The largest absolute Gasteiger partial charge is 0.339 e. The maximum Gasteiger partial charge on any atom is 0.255 e. The number of likely N-dealkylation sites (N-methyl/N-ethyl adjacent to an activating group) is 1. The van der Waals surface area contributed by atoms with Crippen molar-refractivity contribution < 1.29 is 9.59 Å². The van der Waals surface area contributed by atoms with Crippen molar-refractivity contribution in [2.75, 3.05) is 39.8 Å². The van der Waals surface area contributed by atoms with Gasteiger partial charge >= 0.3 is 0 Å². The van der Waals surface area contributed by atoms with Gasteiger partial charge in [0.15, 0.2) is 0 Å². The third-order valence-electron chi connectivity index (χ3n) is 3.35. The molecule has 0 atom stereocenters. The van der Waals surface area contributed by atoms with E-state index in [1.807, 2.05) is 0 Å². The molecule has 0 aromatic heterocycles. The van der Waals surface area contributed by atoms with Crippen LogP contribution >= 0.6 is 23.2 Å². The molecule has 0 aliphatic carbocycles. The van der Waals surface area contributed by atoms with E-state index in [1.54, 1.807) is 24.1 Å². The van der Waals surface area contributed by atoms with Crippen molar-refractivity contribution in [3.8, 4) is 0 Å². The smallest absolute Gasteiger partial charge is 0.255 e. The highest BCUT2D eigenvalue weighted by molar-refractivity contribution is 6.35. The first-order chi connectivity index (χ1) is 9.99. The summed E-state index contributed by atoms with van der Waals surface area (Å²) in [6.07, 6.45) is 0. The molecule has 7 heteroatoms. The number of carbonyl (C=O) groups is 2. The molecule has 2 rings (SSSR count). The zero-order valence-corrected chi connectivity index (χ0v) is 13.2.